The highest BCUT2D eigenvalue weighted by atomic mass is 16.2. The lowest BCUT2D eigenvalue weighted by atomic mass is 10.1. The highest BCUT2D eigenvalue weighted by molar-refractivity contribution is 6.40. The van der Waals surface area contributed by atoms with Crippen LogP contribution in [0.15, 0.2) is 59.7 Å². The van der Waals surface area contributed by atoms with E-state index in [1.807, 2.05) is 54.3 Å². The van der Waals surface area contributed by atoms with E-state index in [2.05, 4.69) is 22.1 Å². The van der Waals surface area contributed by atoms with Crippen molar-refractivity contribution in [2.75, 3.05) is 36.1 Å². The Kier molecular flexibility index (Phi) is 5.10. The van der Waals surface area contributed by atoms with Gasteiger partial charge in [0.15, 0.2) is 0 Å². The number of carbonyl (C=O) groups excluding carboxylic acids is 2. The summed E-state index contributed by atoms with van der Waals surface area (Å²) >= 11 is 0. The molecule has 2 aliphatic rings. The lowest BCUT2D eigenvalue weighted by molar-refractivity contribution is -0.124. The minimum atomic E-state index is -0.0697. The topological polar surface area (TPSA) is 56.2 Å². The van der Waals surface area contributed by atoms with Crippen molar-refractivity contribution in [2.45, 2.75) is 19.8 Å². The summed E-state index contributed by atoms with van der Waals surface area (Å²) in [4.78, 5) is 29.5. The smallest absolute Gasteiger partial charge is 0.270 e. The van der Waals surface area contributed by atoms with Crippen LogP contribution >= 0.6 is 0 Å². The van der Waals surface area contributed by atoms with Gasteiger partial charge in [0.25, 0.3) is 5.91 Å². The standard InChI is InChI=1S/C22H24N4O2/c1-17-7-5-6-10-20(17)26-21(27)12-11-19(23-26)22(28)25-15-13-24(14-16-25)18-8-3-2-4-9-18/h2-10H,11-16H2,1H3. The van der Waals surface area contributed by atoms with Gasteiger partial charge < -0.3 is 9.80 Å². The van der Waals surface area contributed by atoms with Gasteiger partial charge in [-0.25, -0.2) is 5.01 Å². The zero-order chi connectivity index (χ0) is 19.5. The highest BCUT2D eigenvalue weighted by Crippen LogP contribution is 2.24. The molecule has 2 aromatic rings. The van der Waals surface area contributed by atoms with Gasteiger partial charge in [-0.05, 0) is 30.7 Å². The van der Waals surface area contributed by atoms with Gasteiger partial charge >= 0.3 is 0 Å². The van der Waals surface area contributed by atoms with Crippen LogP contribution in [0.25, 0.3) is 0 Å². The predicted molar refractivity (Wildman–Crippen MR) is 111 cm³/mol. The van der Waals surface area contributed by atoms with Gasteiger partial charge in [0.05, 0.1) is 5.69 Å². The van der Waals surface area contributed by atoms with Crippen molar-refractivity contribution in [1.29, 1.82) is 0 Å². The minimum Gasteiger partial charge on any atom is -0.368 e. The molecule has 0 N–H and O–H groups in total. The molecule has 0 spiro atoms. The van der Waals surface area contributed by atoms with Gasteiger partial charge in [0.1, 0.15) is 5.71 Å². The number of hydrogen-bond donors (Lipinski definition) is 0. The molecular weight excluding hydrogens is 352 g/mol. The van der Waals surface area contributed by atoms with Crippen LogP contribution in [-0.2, 0) is 9.59 Å². The summed E-state index contributed by atoms with van der Waals surface area (Å²) < 4.78 is 0. The third kappa shape index (κ3) is 3.63. The maximum Gasteiger partial charge on any atom is 0.270 e. The van der Waals surface area contributed by atoms with Gasteiger partial charge in [0.2, 0.25) is 5.91 Å². The molecule has 2 amide bonds. The second kappa shape index (κ2) is 7.84. The Labute approximate surface area is 165 Å². The normalized spacial score (nSPS) is 17.5. The largest absolute Gasteiger partial charge is 0.368 e. The van der Waals surface area contributed by atoms with Gasteiger partial charge in [-0.3, -0.25) is 9.59 Å². The molecule has 2 aliphatic heterocycles. The number of anilines is 2. The third-order valence-electron chi connectivity index (χ3n) is 5.31. The van der Waals surface area contributed by atoms with Gasteiger partial charge in [-0.2, -0.15) is 5.10 Å². The average Bonchev–Trinajstić information content (AvgIpc) is 2.75. The number of rotatable bonds is 3. The molecule has 0 atom stereocenters. The first-order valence-electron chi connectivity index (χ1n) is 9.69. The van der Waals surface area contributed by atoms with E-state index in [0.29, 0.717) is 31.6 Å². The molecule has 0 aliphatic carbocycles. The van der Waals surface area contributed by atoms with Crippen molar-refractivity contribution < 1.29 is 9.59 Å². The summed E-state index contributed by atoms with van der Waals surface area (Å²) in [5.74, 6) is -0.126. The molecule has 144 valence electrons. The second-order valence-electron chi connectivity index (χ2n) is 7.15. The number of benzene rings is 2. The third-order valence-corrected chi connectivity index (χ3v) is 5.31. The van der Waals surface area contributed by atoms with Crippen LogP contribution < -0.4 is 9.91 Å². The van der Waals surface area contributed by atoms with E-state index in [0.717, 1.165) is 24.3 Å². The van der Waals surface area contributed by atoms with Crippen molar-refractivity contribution >= 4 is 28.9 Å². The quantitative estimate of drug-likeness (QED) is 0.828. The molecule has 0 bridgehead atoms. The Hall–Kier alpha value is -3.15. The van der Waals surface area contributed by atoms with E-state index in [-0.39, 0.29) is 11.8 Å². The van der Waals surface area contributed by atoms with Crippen molar-refractivity contribution in [3.05, 3.63) is 60.2 Å². The summed E-state index contributed by atoms with van der Waals surface area (Å²) in [6, 6.07) is 17.9. The van der Waals surface area contributed by atoms with Gasteiger partial charge in [-0.15, -0.1) is 0 Å². The first-order valence-corrected chi connectivity index (χ1v) is 9.69. The van der Waals surface area contributed by atoms with Crippen LogP contribution in [0.2, 0.25) is 0 Å². The van der Waals surface area contributed by atoms with E-state index >= 15 is 0 Å². The minimum absolute atomic E-state index is 0.0567. The fourth-order valence-corrected chi connectivity index (χ4v) is 3.69. The SMILES string of the molecule is Cc1ccccc1N1N=C(C(=O)N2CCN(c3ccccc3)CC2)CCC1=O. The average molecular weight is 376 g/mol. The summed E-state index contributed by atoms with van der Waals surface area (Å²) in [7, 11) is 0. The van der Waals surface area contributed by atoms with Gasteiger partial charge in [-0.1, -0.05) is 36.4 Å². The fraction of sp³-hybridized carbons (Fsp3) is 0.318. The molecule has 0 saturated carbocycles. The highest BCUT2D eigenvalue weighted by Gasteiger charge is 2.30. The van der Waals surface area contributed by atoms with Crippen LogP contribution in [-0.4, -0.2) is 48.6 Å². The number of nitrogens with zero attached hydrogens (tertiary/aromatic N) is 4. The molecule has 4 rings (SSSR count). The molecule has 0 unspecified atom stereocenters. The van der Waals surface area contributed by atoms with E-state index in [9.17, 15) is 9.59 Å². The number of hydrogen-bond acceptors (Lipinski definition) is 4. The molecule has 0 radical (unpaired) electrons. The summed E-state index contributed by atoms with van der Waals surface area (Å²) in [5.41, 5.74) is 3.35. The molecule has 28 heavy (non-hydrogen) atoms. The Morgan fingerprint density at radius 3 is 2.29 bits per heavy atom. The molecule has 1 saturated heterocycles. The Bertz CT molecular complexity index is 902. The number of carbonyl (C=O) groups is 2. The molecule has 2 heterocycles. The van der Waals surface area contributed by atoms with E-state index in [1.54, 1.807) is 0 Å². The van der Waals surface area contributed by atoms with Gasteiger partial charge in [0, 0.05) is 44.7 Å². The molecular formula is C22H24N4O2. The van der Waals surface area contributed by atoms with Crippen LogP contribution in [0.5, 0.6) is 0 Å². The lowest BCUT2D eigenvalue weighted by Crippen LogP contribution is -2.51. The summed E-state index contributed by atoms with van der Waals surface area (Å²) in [6.07, 6.45) is 0.710. The van der Waals surface area contributed by atoms with Crippen LogP contribution in [0, 0.1) is 6.92 Å². The maximum absolute atomic E-state index is 13.0. The first-order chi connectivity index (χ1) is 13.6. The van der Waals surface area contributed by atoms with Crippen molar-refractivity contribution in [3.8, 4) is 0 Å². The van der Waals surface area contributed by atoms with Crippen LogP contribution in [0.3, 0.4) is 0 Å². The lowest BCUT2D eigenvalue weighted by Gasteiger charge is -2.36. The van der Waals surface area contributed by atoms with Crippen LogP contribution in [0.1, 0.15) is 18.4 Å². The fourth-order valence-electron chi connectivity index (χ4n) is 3.69. The molecule has 2 aromatic carbocycles. The monoisotopic (exact) mass is 376 g/mol. The first kappa shape index (κ1) is 18.2. The predicted octanol–water partition coefficient (Wildman–Crippen LogP) is 2.83. The number of para-hydroxylation sites is 2. The molecule has 0 aromatic heterocycles. The second-order valence-corrected chi connectivity index (χ2v) is 7.15. The Morgan fingerprint density at radius 1 is 0.893 bits per heavy atom. The van der Waals surface area contributed by atoms with Crippen LogP contribution in [0.4, 0.5) is 11.4 Å². The molecule has 6 nitrogen and oxygen atoms in total. The van der Waals surface area contributed by atoms with E-state index in [1.165, 1.54) is 10.7 Å². The Morgan fingerprint density at radius 2 is 1.57 bits per heavy atom. The van der Waals surface area contributed by atoms with Crippen molar-refractivity contribution in [1.82, 2.24) is 4.90 Å². The number of piperazine rings is 1. The zero-order valence-corrected chi connectivity index (χ0v) is 16.0. The molecule has 6 heteroatoms. The summed E-state index contributed by atoms with van der Waals surface area (Å²) in [5, 5.41) is 5.84. The number of amides is 2. The van der Waals surface area contributed by atoms with E-state index in [4.69, 9.17) is 0 Å². The van der Waals surface area contributed by atoms with Crippen molar-refractivity contribution in [2.24, 2.45) is 5.10 Å². The Balaban J connectivity index is 1.47. The maximum atomic E-state index is 13.0. The zero-order valence-electron chi connectivity index (χ0n) is 16.0. The van der Waals surface area contributed by atoms with Crippen molar-refractivity contribution in [3.63, 3.8) is 0 Å². The number of hydrazone groups is 1. The summed E-state index contributed by atoms with van der Waals surface area (Å²) in [6.45, 7) is 4.85. The number of aryl methyl sites for hydroxylation is 1. The molecule has 1 fully saturated rings. The van der Waals surface area contributed by atoms with E-state index < -0.39 is 0 Å².